The number of hydrogen-bond acceptors (Lipinski definition) is 6. The van der Waals surface area contributed by atoms with E-state index in [1.54, 1.807) is 0 Å². The molecule has 1 aromatic carbocycles. The molecule has 0 aliphatic rings. The van der Waals surface area contributed by atoms with E-state index in [0.29, 0.717) is 5.75 Å². The van der Waals surface area contributed by atoms with E-state index in [9.17, 15) is 14.9 Å². The molecule has 1 unspecified atom stereocenters. The largest absolute Gasteiger partial charge is 0.493 e. The van der Waals surface area contributed by atoms with E-state index in [2.05, 4.69) is 0 Å². The summed E-state index contributed by atoms with van der Waals surface area (Å²) in [6, 6.07) is 3.41. The van der Waals surface area contributed by atoms with Gasteiger partial charge in [-0.1, -0.05) is 0 Å². The second-order valence-corrected chi connectivity index (χ2v) is 3.74. The van der Waals surface area contributed by atoms with Crippen LogP contribution in [0.4, 0.5) is 5.69 Å². The Kier molecular flexibility index (Phi) is 5.07. The highest BCUT2D eigenvalue weighted by Gasteiger charge is 2.16. The molecule has 1 atom stereocenters. The fraction of sp³-hybridized carbons (Fsp3) is 0.364. The zero-order valence-electron chi connectivity index (χ0n) is 10.4. The first-order valence-corrected chi connectivity index (χ1v) is 5.46. The van der Waals surface area contributed by atoms with Crippen molar-refractivity contribution in [3.05, 3.63) is 28.3 Å². The maximum Gasteiger partial charge on any atom is 0.314 e. The molecule has 0 bridgehead atoms. The average Bonchev–Trinajstić information content (AvgIpc) is 2.38. The Morgan fingerprint density at radius 3 is 2.74 bits per heavy atom. The number of nitrogens with zero attached hydrogens (tertiary/aromatic N) is 1. The Hall–Kier alpha value is -2.35. The number of ether oxygens (including phenoxy) is 2. The van der Waals surface area contributed by atoms with Crippen LogP contribution in [-0.2, 0) is 4.79 Å². The SMILES string of the molecule is COc1ccc(OCCC(N)C(N)=O)cc1[N+](=O)[O-]. The van der Waals surface area contributed by atoms with Crippen LogP contribution in [0.15, 0.2) is 18.2 Å². The number of carbonyl (C=O) groups is 1. The number of benzene rings is 1. The Morgan fingerprint density at radius 1 is 1.53 bits per heavy atom. The topological polar surface area (TPSA) is 131 Å². The molecule has 19 heavy (non-hydrogen) atoms. The van der Waals surface area contributed by atoms with Gasteiger partial charge in [0, 0.05) is 6.42 Å². The van der Waals surface area contributed by atoms with Crippen molar-refractivity contribution in [2.24, 2.45) is 11.5 Å². The fourth-order valence-corrected chi connectivity index (χ4v) is 1.35. The van der Waals surface area contributed by atoms with Gasteiger partial charge in [0.25, 0.3) is 0 Å². The first-order chi connectivity index (χ1) is 8.95. The van der Waals surface area contributed by atoms with Crippen molar-refractivity contribution in [2.75, 3.05) is 13.7 Å². The number of nitrogens with two attached hydrogens (primary N) is 2. The van der Waals surface area contributed by atoms with E-state index in [-0.39, 0.29) is 24.5 Å². The Bertz CT molecular complexity index is 477. The minimum atomic E-state index is -0.798. The van der Waals surface area contributed by atoms with Crippen molar-refractivity contribution in [3.8, 4) is 11.5 Å². The van der Waals surface area contributed by atoms with Crippen LogP contribution >= 0.6 is 0 Å². The molecule has 0 spiro atoms. The summed E-state index contributed by atoms with van der Waals surface area (Å²) in [7, 11) is 1.34. The lowest BCUT2D eigenvalue weighted by molar-refractivity contribution is -0.385. The molecule has 0 saturated carbocycles. The third kappa shape index (κ3) is 4.11. The minimum Gasteiger partial charge on any atom is -0.493 e. The summed E-state index contributed by atoms with van der Waals surface area (Å²) in [5.74, 6) is -0.181. The zero-order chi connectivity index (χ0) is 14.4. The van der Waals surface area contributed by atoms with E-state index < -0.39 is 16.9 Å². The van der Waals surface area contributed by atoms with Gasteiger partial charge < -0.3 is 20.9 Å². The smallest absolute Gasteiger partial charge is 0.314 e. The normalized spacial score (nSPS) is 11.7. The van der Waals surface area contributed by atoms with Crippen LogP contribution in [0.5, 0.6) is 11.5 Å². The number of carbonyl (C=O) groups excluding carboxylic acids is 1. The molecule has 104 valence electrons. The molecule has 0 fully saturated rings. The van der Waals surface area contributed by atoms with Gasteiger partial charge in [0.15, 0.2) is 5.75 Å². The third-order valence-corrected chi connectivity index (χ3v) is 2.41. The highest BCUT2D eigenvalue weighted by atomic mass is 16.6. The molecular weight excluding hydrogens is 254 g/mol. The van der Waals surface area contributed by atoms with Crippen molar-refractivity contribution in [2.45, 2.75) is 12.5 Å². The number of nitro benzene ring substituents is 1. The van der Waals surface area contributed by atoms with E-state index in [1.807, 2.05) is 0 Å². The van der Waals surface area contributed by atoms with E-state index in [1.165, 1.54) is 25.3 Å². The highest BCUT2D eigenvalue weighted by Crippen LogP contribution is 2.30. The molecule has 1 amide bonds. The Balaban J connectivity index is 2.67. The number of primary amides is 1. The van der Waals surface area contributed by atoms with Gasteiger partial charge in [-0.3, -0.25) is 14.9 Å². The number of amides is 1. The van der Waals surface area contributed by atoms with Gasteiger partial charge >= 0.3 is 5.69 Å². The highest BCUT2D eigenvalue weighted by molar-refractivity contribution is 5.79. The summed E-state index contributed by atoms with van der Waals surface area (Å²) in [4.78, 5) is 20.9. The molecule has 0 aliphatic heterocycles. The van der Waals surface area contributed by atoms with E-state index >= 15 is 0 Å². The molecule has 4 N–H and O–H groups in total. The van der Waals surface area contributed by atoms with Gasteiger partial charge in [-0.05, 0) is 12.1 Å². The van der Waals surface area contributed by atoms with Crippen molar-refractivity contribution in [1.82, 2.24) is 0 Å². The molecule has 0 saturated heterocycles. The number of methoxy groups -OCH3 is 1. The van der Waals surface area contributed by atoms with Crippen LogP contribution in [0.1, 0.15) is 6.42 Å². The van der Waals surface area contributed by atoms with E-state index in [4.69, 9.17) is 20.9 Å². The van der Waals surface area contributed by atoms with Gasteiger partial charge in [-0.2, -0.15) is 0 Å². The first kappa shape index (κ1) is 14.7. The monoisotopic (exact) mass is 269 g/mol. The van der Waals surface area contributed by atoms with Crippen LogP contribution in [-0.4, -0.2) is 30.6 Å². The number of hydrogen-bond donors (Lipinski definition) is 2. The molecule has 8 heteroatoms. The lowest BCUT2D eigenvalue weighted by Gasteiger charge is -2.10. The lowest BCUT2D eigenvalue weighted by atomic mass is 10.2. The quantitative estimate of drug-likeness (QED) is 0.536. The van der Waals surface area contributed by atoms with Crippen molar-refractivity contribution in [3.63, 3.8) is 0 Å². The van der Waals surface area contributed by atoms with E-state index in [0.717, 1.165) is 0 Å². The van der Waals surface area contributed by atoms with Crippen molar-refractivity contribution in [1.29, 1.82) is 0 Å². The van der Waals surface area contributed by atoms with Crippen molar-refractivity contribution < 1.29 is 19.2 Å². The standard InChI is InChI=1S/C11H15N3O5/c1-18-10-3-2-7(6-9(10)14(16)17)19-5-4-8(12)11(13)15/h2-3,6,8H,4-5,12H2,1H3,(H2,13,15). The van der Waals surface area contributed by atoms with Gasteiger partial charge in [-0.25, -0.2) is 0 Å². The molecule has 1 rings (SSSR count). The molecule has 0 heterocycles. The third-order valence-electron chi connectivity index (χ3n) is 2.41. The Morgan fingerprint density at radius 2 is 2.21 bits per heavy atom. The average molecular weight is 269 g/mol. The maximum absolute atomic E-state index is 10.8. The second kappa shape index (κ2) is 6.55. The summed E-state index contributed by atoms with van der Waals surface area (Å²) in [5, 5.41) is 10.8. The summed E-state index contributed by atoms with van der Waals surface area (Å²) < 4.78 is 10.1. The number of nitro groups is 1. The summed E-state index contributed by atoms with van der Waals surface area (Å²) in [5.41, 5.74) is 10.2. The number of rotatable bonds is 7. The van der Waals surface area contributed by atoms with Crippen LogP contribution in [0.2, 0.25) is 0 Å². The van der Waals surface area contributed by atoms with Crippen LogP contribution in [0.25, 0.3) is 0 Å². The first-order valence-electron chi connectivity index (χ1n) is 5.46. The fourth-order valence-electron chi connectivity index (χ4n) is 1.35. The predicted octanol–water partition coefficient (Wildman–Crippen LogP) is 0.185. The van der Waals surface area contributed by atoms with Gasteiger partial charge in [0.05, 0.1) is 30.7 Å². The zero-order valence-corrected chi connectivity index (χ0v) is 10.4. The van der Waals surface area contributed by atoms with Gasteiger partial charge in [0.1, 0.15) is 5.75 Å². The molecule has 1 aromatic rings. The Labute approximate surface area is 109 Å². The van der Waals surface area contributed by atoms with Crippen molar-refractivity contribution >= 4 is 11.6 Å². The van der Waals surface area contributed by atoms with Crippen LogP contribution in [0.3, 0.4) is 0 Å². The van der Waals surface area contributed by atoms with Gasteiger partial charge in [0.2, 0.25) is 5.91 Å². The summed E-state index contributed by atoms with van der Waals surface area (Å²) in [6.45, 7) is 0.133. The molecule has 0 radical (unpaired) electrons. The minimum absolute atomic E-state index is 0.133. The van der Waals surface area contributed by atoms with Gasteiger partial charge in [-0.15, -0.1) is 0 Å². The molecule has 0 aromatic heterocycles. The molecular formula is C11H15N3O5. The second-order valence-electron chi connectivity index (χ2n) is 3.74. The van der Waals surface area contributed by atoms with Crippen LogP contribution < -0.4 is 20.9 Å². The maximum atomic E-state index is 10.8. The molecule has 0 aliphatic carbocycles. The predicted molar refractivity (Wildman–Crippen MR) is 66.9 cm³/mol. The molecule has 8 nitrogen and oxygen atoms in total. The summed E-state index contributed by atoms with van der Waals surface area (Å²) in [6.07, 6.45) is 0.231. The van der Waals surface area contributed by atoms with Crippen LogP contribution in [0, 0.1) is 10.1 Å². The summed E-state index contributed by atoms with van der Waals surface area (Å²) >= 11 is 0. The lowest BCUT2D eigenvalue weighted by Crippen LogP contribution is -2.37.